The van der Waals surface area contributed by atoms with Crippen molar-refractivity contribution in [1.82, 2.24) is 5.32 Å². The molecule has 0 heterocycles. The molecule has 0 aromatic heterocycles. The van der Waals surface area contributed by atoms with Crippen LogP contribution in [-0.4, -0.2) is 21.9 Å². The van der Waals surface area contributed by atoms with Gasteiger partial charge in [0.1, 0.15) is 5.75 Å². The molecule has 8 nitrogen and oxygen atoms in total. The molecule has 0 aliphatic carbocycles. The molecule has 0 saturated heterocycles. The largest absolute Gasteiger partial charge is 0.481 e. The molecule has 38 heavy (non-hydrogen) atoms. The Bertz CT molecular complexity index is 1480. The summed E-state index contributed by atoms with van der Waals surface area (Å²) in [6.07, 6.45) is -0.355. The molecule has 0 radical (unpaired) electrons. The maximum absolute atomic E-state index is 13.1. The SMILES string of the molecule is Cc1ccc(Oc2ccc(C(=O)NC(CC(=O)O)c3ccc(-c4ccccc4)cc3)cc2[N+](=O)[O-])cc1C. The van der Waals surface area contributed by atoms with E-state index < -0.39 is 22.8 Å². The number of carboxylic acid groups (broad SMARTS) is 1. The predicted octanol–water partition coefficient (Wildman–Crippen LogP) is 6.62. The minimum absolute atomic E-state index is 0.00612. The monoisotopic (exact) mass is 510 g/mol. The highest BCUT2D eigenvalue weighted by Gasteiger charge is 2.23. The van der Waals surface area contributed by atoms with Crippen LogP contribution in [0.3, 0.4) is 0 Å². The molecule has 0 bridgehead atoms. The number of carbonyl (C=O) groups excluding carboxylic acids is 1. The van der Waals surface area contributed by atoms with Gasteiger partial charge < -0.3 is 15.2 Å². The Morgan fingerprint density at radius 1 is 0.895 bits per heavy atom. The summed E-state index contributed by atoms with van der Waals surface area (Å²) >= 11 is 0. The maximum atomic E-state index is 13.1. The molecule has 0 fully saturated rings. The van der Waals surface area contributed by atoms with Gasteiger partial charge in [-0.15, -0.1) is 0 Å². The third kappa shape index (κ3) is 6.22. The first-order chi connectivity index (χ1) is 18.2. The van der Waals surface area contributed by atoms with Crippen molar-refractivity contribution in [3.8, 4) is 22.6 Å². The van der Waals surface area contributed by atoms with Gasteiger partial charge in [0.15, 0.2) is 0 Å². The predicted molar refractivity (Wildman–Crippen MR) is 143 cm³/mol. The molecule has 8 heteroatoms. The van der Waals surface area contributed by atoms with Gasteiger partial charge >= 0.3 is 11.7 Å². The molecule has 4 rings (SSSR count). The van der Waals surface area contributed by atoms with Crippen LogP contribution in [0.5, 0.6) is 11.5 Å². The molecule has 1 amide bonds. The first kappa shape index (κ1) is 26.1. The summed E-state index contributed by atoms with van der Waals surface area (Å²) in [7, 11) is 0. The topological polar surface area (TPSA) is 119 Å². The van der Waals surface area contributed by atoms with Crippen LogP contribution in [0.2, 0.25) is 0 Å². The summed E-state index contributed by atoms with van der Waals surface area (Å²) in [5.41, 5.74) is 4.23. The van der Waals surface area contributed by atoms with Gasteiger partial charge in [0.2, 0.25) is 5.75 Å². The van der Waals surface area contributed by atoms with Crippen LogP contribution in [0.4, 0.5) is 5.69 Å². The molecule has 192 valence electrons. The number of hydrogen-bond acceptors (Lipinski definition) is 5. The molecular weight excluding hydrogens is 484 g/mol. The van der Waals surface area contributed by atoms with Crippen molar-refractivity contribution in [1.29, 1.82) is 0 Å². The summed E-state index contributed by atoms with van der Waals surface area (Å²) in [4.78, 5) is 35.7. The Morgan fingerprint density at radius 2 is 1.58 bits per heavy atom. The quantitative estimate of drug-likeness (QED) is 0.193. The van der Waals surface area contributed by atoms with E-state index in [9.17, 15) is 24.8 Å². The zero-order chi connectivity index (χ0) is 27.2. The van der Waals surface area contributed by atoms with Crippen LogP contribution in [-0.2, 0) is 4.79 Å². The Balaban J connectivity index is 1.56. The van der Waals surface area contributed by atoms with E-state index in [1.54, 1.807) is 24.3 Å². The summed E-state index contributed by atoms with van der Waals surface area (Å²) in [5.74, 6) is -1.29. The second-order valence-electron chi connectivity index (χ2n) is 8.90. The van der Waals surface area contributed by atoms with E-state index in [1.165, 1.54) is 12.1 Å². The van der Waals surface area contributed by atoms with Crippen LogP contribution in [0.25, 0.3) is 11.1 Å². The highest BCUT2D eigenvalue weighted by Crippen LogP contribution is 2.33. The zero-order valence-corrected chi connectivity index (χ0v) is 20.9. The lowest BCUT2D eigenvalue weighted by Crippen LogP contribution is -2.30. The number of nitrogens with zero attached hydrogens (tertiary/aromatic N) is 1. The fourth-order valence-electron chi connectivity index (χ4n) is 4.00. The number of nitrogens with one attached hydrogen (secondary N) is 1. The van der Waals surface area contributed by atoms with Gasteiger partial charge in [0.05, 0.1) is 17.4 Å². The fourth-order valence-corrected chi connectivity index (χ4v) is 4.00. The number of amides is 1. The van der Waals surface area contributed by atoms with Crippen molar-refractivity contribution in [3.05, 3.63) is 123 Å². The minimum atomic E-state index is -1.09. The number of nitro groups is 1. The van der Waals surface area contributed by atoms with Crippen molar-refractivity contribution in [2.24, 2.45) is 0 Å². The van der Waals surface area contributed by atoms with Gasteiger partial charge in [-0.1, -0.05) is 60.7 Å². The molecule has 0 saturated carbocycles. The van der Waals surface area contributed by atoms with Crippen molar-refractivity contribution < 1.29 is 24.4 Å². The van der Waals surface area contributed by atoms with E-state index in [4.69, 9.17) is 4.74 Å². The first-order valence-corrected chi connectivity index (χ1v) is 11.9. The first-order valence-electron chi connectivity index (χ1n) is 11.9. The number of nitro benzene ring substituents is 1. The number of ether oxygens (including phenoxy) is 1. The van der Waals surface area contributed by atoms with Gasteiger partial charge in [-0.05, 0) is 65.9 Å². The third-order valence-electron chi connectivity index (χ3n) is 6.23. The standard InChI is InChI=1S/C30H26N2O6/c1-19-8-14-25(16-20(19)2)38-28-15-13-24(17-27(28)32(36)37)30(35)31-26(18-29(33)34)23-11-9-22(10-12-23)21-6-4-3-5-7-21/h3-17,26H,18H2,1-2H3,(H,31,35)(H,33,34). The van der Waals surface area contributed by atoms with Gasteiger partial charge in [0, 0.05) is 11.6 Å². The summed E-state index contributed by atoms with van der Waals surface area (Å²) in [5, 5.41) is 23.9. The van der Waals surface area contributed by atoms with E-state index in [-0.39, 0.29) is 23.4 Å². The van der Waals surface area contributed by atoms with Crippen molar-refractivity contribution in [3.63, 3.8) is 0 Å². The number of aliphatic carboxylic acids is 1. The molecule has 1 unspecified atom stereocenters. The van der Waals surface area contributed by atoms with Crippen molar-refractivity contribution in [2.75, 3.05) is 0 Å². The highest BCUT2D eigenvalue weighted by molar-refractivity contribution is 5.95. The van der Waals surface area contributed by atoms with Crippen LogP contribution in [0, 0.1) is 24.0 Å². The van der Waals surface area contributed by atoms with Crippen LogP contribution in [0.1, 0.15) is 39.5 Å². The van der Waals surface area contributed by atoms with Crippen molar-refractivity contribution >= 4 is 17.6 Å². The van der Waals surface area contributed by atoms with Gasteiger partial charge in [-0.2, -0.15) is 0 Å². The Hall–Kier alpha value is -4.98. The van der Waals surface area contributed by atoms with Crippen LogP contribution >= 0.6 is 0 Å². The summed E-state index contributed by atoms with van der Waals surface area (Å²) in [6.45, 7) is 3.86. The van der Waals surface area contributed by atoms with Gasteiger partial charge in [-0.3, -0.25) is 19.7 Å². The number of benzene rings is 4. The minimum Gasteiger partial charge on any atom is -0.481 e. The lowest BCUT2D eigenvalue weighted by Gasteiger charge is -2.18. The molecule has 0 aliphatic rings. The van der Waals surface area contributed by atoms with Crippen LogP contribution in [0.15, 0.2) is 91.0 Å². The molecule has 4 aromatic carbocycles. The molecule has 2 N–H and O–H groups in total. The molecule has 0 aliphatic heterocycles. The lowest BCUT2D eigenvalue weighted by molar-refractivity contribution is -0.385. The Labute approximate surface area is 219 Å². The third-order valence-corrected chi connectivity index (χ3v) is 6.23. The normalized spacial score (nSPS) is 11.4. The average Bonchev–Trinajstić information content (AvgIpc) is 2.91. The number of hydrogen-bond donors (Lipinski definition) is 2. The molecule has 4 aromatic rings. The Kier molecular flexibility index (Phi) is 7.82. The average molecular weight is 511 g/mol. The fraction of sp³-hybridized carbons (Fsp3) is 0.133. The van der Waals surface area contributed by atoms with E-state index in [1.807, 2.05) is 62.4 Å². The second-order valence-corrected chi connectivity index (χ2v) is 8.90. The molecule has 1 atom stereocenters. The summed E-state index contributed by atoms with van der Waals surface area (Å²) < 4.78 is 5.74. The Morgan fingerprint density at radius 3 is 2.21 bits per heavy atom. The number of carboxylic acids is 1. The van der Waals surface area contributed by atoms with E-state index in [0.29, 0.717) is 11.3 Å². The lowest BCUT2D eigenvalue weighted by atomic mass is 9.98. The van der Waals surface area contributed by atoms with Gasteiger partial charge in [0.25, 0.3) is 5.91 Å². The van der Waals surface area contributed by atoms with Gasteiger partial charge in [-0.25, -0.2) is 0 Å². The zero-order valence-electron chi connectivity index (χ0n) is 20.9. The summed E-state index contributed by atoms with van der Waals surface area (Å²) in [6, 6.07) is 25.3. The maximum Gasteiger partial charge on any atom is 0.312 e. The number of aryl methyl sites for hydroxylation is 2. The van der Waals surface area contributed by atoms with E-state index in [2.05, 4.69) is 5.32 Å². The van der Waals surface area contributed by atoms with E-state index >= 15 is 0 Å². The second kappa shape index (κ2) is 11.4. The van der Waals surface area contributed by atoms with Crippen molar-refractivity contribution in [2.45, 2.75) is 26.3 Å². The number of carbonyl (C=O) groups is 2. The molecular formula is C30H26N2O6. The number of rotatable bonds is 9. The molecule has 0 spiro atoms. The highest BCUT2D eigenvalue weighted by atomic mass is 16.6. The smallest absolute Gasteiger partial charge is 0.312 e. The van der Waals surface area contributed by atoms with Crippen LogP contribution < -0.4 is 10.1 Å². The van der Waals surface area contributed by atoms with E-state index in [0.717, 1.165) is 28.3 Å².